The van der Waals surface area contributed by atoms with Crippen LogP contribution in [0.5, 0.6) is 0 Å². The van der Waals surface area contributed by atoms with Gasteiger partial charge in [0, 0.05) is 7.11 Å². The highest BCUT2D eigenvalue weighted by Crippen LogP contribution is 2.17. The van der Waals surface area contributed by atoms with Crippen LogP contribution in [0.2, 0.25) is 0 Å². The van der Waals surface area contributed by atoms with Crippen LogP contribution in [0.4, 0.5) is 0 Å². The zero-order chi connectivity index (χ0) is 12.0. The Morgan fingerprint density at radius 1 is 1.25 bits per heavy atom. The Balaban J connectivity index is 2.78. The van der Waals surface area contributed by atoms with Crippen molar-refractivity contribution in [3.63, 3.8) is 0 Å². The molecule has 1 N–H and O–H groups in total. The largest absolute Gasteiger partial charge is 0.383 e. The Labute approximate surface area is 99.0 Å². The summed E-state index contributed by atoms with van der Waals surface area (Å²) < 4.78 is 5.26. The maximum atomic E-state index is 5.26. The molecule has 1 unspecified atom stereocenters. The molecule has 0 bridgehead atoms. The summed E-state index contributed by atoms with van der Waals surface area (Å²) in [6.07, 6.45) is 1.14. The normalized spacial score (nSPS) is 12.8. The van der Waals surface area contributed by atoms with Gasteiger partial charge in [0.1, 0.15) is 0 Å². The topological polar surface area (TPSA) is 21.3 Å². The van der Waals surface area contributed by atoms with Crippen LogP contribution in [0.1, 0.15) is 36.1 Å². The highest BCUT2D eigenvalue weighted by atomic mass is 16.5. The lowest BCUT2D eigenvalue weighted by atomic mass is 10.0. The number of nitrogens with one attached hydrogen (secondary N) is 1. The van der Waals surface area contributed by atoms with E-state index in [4.69, 9.17) is 4.74 Å². The standard InChI is InChI=1S/C14H23NO/c1-5-8-15-14(10-16-4)13-7-6-11(2)12(3)9-13/h6-7,9,14-15H,5,8,10H2,1-4H3. The summed E-state index contributed by atoms with van der Waals surface area (Å²) in [5, 5.41) is 3.51. The van der Waals surface area contributed by atoms with Crippen LogP contribution >= 0.6 is 0 Å². The number of ether oxygens (including phenoxy) is 1. The first-order valence-corrected chi connectivity index (χ1v) is 5.98. The van der Waals surface area contributed by atoms with Crippen molar-refractivity contribution in [2.24, 2.45) is 0 Å². The zero-order valence-corrected chi connectivity index (χ0v) is 10.8. The predicted molar refractivity (Wildman–Crippen MR) is 68.8 cm³/mol. The van der Waals surface area contributed by atoms with Crippen LogP contribution in [0.3, 0.4) is 0 Å². The lowest BCUT2D eigenvalue weighted by Crippen LogP contribution is -2.26. The molecule has 2 nitrogen and oxygen atoms in total. The molecule has 90 valence electrons. The number of hydrogen-bond acceptors (Lipinski definition) is 2. The van der Waals surface area contributed by atoms with E-state index in [2.05, 4.69) is 44.3 Å². The van der Waals surface area contributed by atoms with E-state index in [1.54, 1.807) is 7.11 Å². The second-order valence-corrected chi connectivity index (χ2v) is 4.31. The molecule has 0 heterocycles. The van der Waals surface area contributed by atoms with E-state index in [-0.39, 0.29) is 0 Å². The smallest absolute Gasteiger partial charge is 0.0657 e. The molecular formula is C14H23NO. The summed E-state index contributed by atoms with van der Waals surface area (Å²) >= 11 is 0. The Bertz CT molecular complexity index is 323. The monoisotopic (exact) mass is 221 g/mol. The Morgan fingerprint density at radius 2 is 2.00 bits per heavy atom. The molecule has 0 saturated carbocycles. The number of rotatable bonds is 6. The molecule has 0 fully saturated rings. The molecule has 1 atom stereocenters. The molecule has 0 spiro atoms. The summed E-state index contributed by atoms with van der Waals surface area (Å²) in [6, 6.07) is 6.93. The van der Waals surface area contributed by atoms with Crippen molar-refractivity contribution in [2.75, 3.05) is 20.3 Å². The fourth-order valence-corrected chi connectivity index (χ4v) is 1.74. The minimum absolute atomic E-state index is 0.309. The molecule has 0 saturated heterocycles. The first-order valence-electron chi connectivity index (χ1n) is 5.98. The third-order valence-corrected chi connectivity index (χ3v) is 2.91. The third-order valence-electron chi connectivity index (χ3n) is 2.91. The Morgan fingerprint density at radius 3 is 2.56 bits per heavy atom. The van der Waals surface area contributed by atoms with Crippen LogP contribution in [-0.4, -0.2) is 20.3 Å². The second kappa shape index (κ2) is 6.66. The lowest BCUT2D eigenvalue weighted by Gasteiger charge is -2.19. The van der Waals surface area contributed by atoms with Crippen LogP contribution in [-0.2, 0) is 4.74 Å². The molecule has 1 rings (SSSR count). The molecule has 1 aromatic carbocycles. The van der Waals surface area contributed by atoms with Crippen molar-refractivity contribution in [1.82, 2.24) is 5.32 Å². The van der Waals surface area contributed by atoms with Gasteiger partial charge >= 0.3 is 0 Å². The van der Waals surface area contributed by atoms with Crippen LogP contribution in [0, 0.1) is 13.8 Å². The van der Waals surface area contributed by atoms with Gasteiger partial charge in [0.2, 0.25) is 0 Å². The average Bonchev–Trinajstić information content (AvgIpc) is 2.28. The predicted octanol–water partition coefficient (Wildman–Crippen LogP) is 2.99. The van der Waals surface area contributed by atoms with Gasteiger partial charge in [-0.15, -0.1) is 0 Å². The highest BCUT2D eigenvalue weighted by molar-refractivity contribution is 5.31. The van der Waals surface area contributed by atoms with Gasteiger partial charge < -0.3 is 10.1 Å². The SMILES string of the molecule is CCCNC(COC)c1ccc(C)c(C)c1. The maximum Gasteiger partial charge on any atom is 0.0657 e. The van der Waals surface area contributed by atoms with Crippen LogP contribution in [0.15, 0.2) is 18.2 Å². The first kappa shape index (κ1) is 13.2. The number of aryl methyl sites for hydroxylation is 2. The van der Waals surface area contributed by atoms with E-state index in [1.165, 1.54) is 16.7 Å². The summed E-state index contributed by atoms with van der Waals surface area (Å²) in [4.78, 5) is 0. The van der Waals surface area contributed by atoms with E-state index >= 15 is 0 Å². The van der Waals surface area contributed by atoms with Crippen molar-refractivity contribution >= 4 is 0 Å². The molecule has 0 aromatic heterocycles. The first-order chi connectivity index (χ1) is 7.69. The molecule has 0 aliphatic rings. The highest BCUT2D eigenvalue weighted by Gasteiger charge is 2.10. The molecule has 0 aliphatic heterocycles. The van der Waals surface area contributed by atoms with E-state index in [1.807, 2.05) is 0 Å². The van der Waals surface area contributed by atoms with Gasteiger partial charge in [0.05, 0.1) is 12.6 Å². The molecular weight excluding hydrogens is 198 g/mol. The quantitative estimate of drug-likeness (QED) is 0.797. The average molecular weight is 221 g/mol. The van der Waals surface area contributed by atoms with E-state index in [0.717, 1.165) is 19.6 Å². The third kappa shape index (κ3) is 3.62. The lowest BCUT2D eigenvalue weighted by molar-refractivity contribution is 0.167. The van der Waals surface area contributed by atoms with Crippen LogP contribution < -0.4 is 5.32 Å². The minimum atomic E-state index is 0.309. The molecule has 0 aliphatic carbocycles. The zero-order valence-electron chi connectivity index (χ0n) is 10.8. The van der Waals surface area contributed by atoms with Gasteiger partial charge in [0.15, 0.2) is 0 Å². The fourth-order valence-electron chi connectivity index (χ4n) is 1.74. The van der Waals surface area contributed by atoms with Gasteiger partial charge in [0.25, 0.3) is 0 Å². The summed E-state index contributed by atoms with van der Waals surface area (Å²) in [5.41, 5.74) is 4.01. The molecule has 0 amide bonds. The molecule has 16 heavy (non-hydrogen) atoms. The van der Waals surface area contributed by atoms with Crippen molar-refractivity contribution in [3.05, 3.63) is 34.9 Å². The summed E-state index contributed by atoms with van der Waals surface area (Å²) in [5.74, 6) is 0. The van der Waals surface area contributed by atoms with Gasteiger partial charge in [-0.3, -0.25) is 0 Å². The van der Waals surface area contributed by atoms with Gasteiger partial charge in [-0.05, 0) is 43.5 Å². The molecule has 1 aromatic rings. The molecule has 2 heteroatoms. The minimum Gasteiger partial charge on any atom is -0.383 e. The second-order valence-electron chi connectivity index (χ2n) is 4.31. The van der Waals surface area contributed by atoms with E-state index < -0.39 is 0 Å². The summed E-state index contributed by atoms with van der Waals surface area (Å²) in [7, 11) is 1.75. The van der Waals surface area contributed by atoms with Crippen molar-refractivity contribution < 1.29 is 4.74 Å². The van der Waals surface area contributed by atoms with Crippen molar-refractivity contribution in [1.29, 1.82) is 0 Å². The van der Waals surface area contributed by atoms with Gasteiger partial charge in [-0.1, -0.05) is 25.1 Å². The summed E-state index contributed by atoms with van der Waals surface area (Å²) in [6.45, 7) is 8.23. The van der Waals surface area contributed by atoms with Gasteiger partial charge in [-0.25, -0.2) is 0 Å². The number of hydrogen-bond donors (Lipinski definition) is 1. The van der Waals surface area contributed by atoms with E-state index in [9.17, 15) is 0 Å². The maximum absolute atomic E-state index is 5.26. The van der Waals surface area contributed by atoms with Crippen molar-refractivity contribution in [3.8, 4) is 0 Å². The Kier molecular flexibility index (Phi) is 5.50. The number of benzene rings is 1. The Hall–Kier alpha value is -0.860. The van der Waals surface area contributed by atoms with E-state index in [0.29, 0.717) is 6.04 Å². The van der Waals surface area contributed by atoms with Gasteiger partial charge in [-0.2, -0.15) is 0 Å². The van der Waals surface area contributed by atoms with Crippen molar-refractivity contribution in [2.45, 2.75) is 33.2 Å². The number of methoxy groups -OCH3 is 1. The fraction of sp³-hybridized carbons (Fsp3) is 0.571. The molecule has 0 radical (unpaired) electrons. The van der Waals surface area contributed by atoms with Crippen LogP contribution in [0.25, 0.3) is 0 Å².